The number of ether oxygens (including phenoxy) is 2. The molecule has 3 nitrogen and oxygen atoms in total. The van der Waals surface area contributed by atoms with Crippen LogP contribution in [0.5, 0.6) is 5.75 Å². The number of para-hydroxylation sites is 1. The zero-order chi connectivity index (χ0) is 13.5. The van der Waals surface area contributed by atoms with E-state index in [-0.39, 0.29) is 0 Å². The van der Waals surface area contributed by atoms with Crippen LogP contribution in [0.1, 0.15) is 24.8 Å². The Labute approximate surface area is 115 Å². The molecule has 0 heterocycles. The molecule has 19 heavy (non-hydrogen) atoms. The summed E-state index contributed by atoms with van der Waals surface area (Å²) in [5.74, 6) is 3.36. The molecule has 0 aromatic heterocycles. The first-order valence-corrected chi connectivity index (χ1v) is 6.75. The monoisotopic (exact) mass is 259 g/mol. The smallest absolute Gasteiger partial charge is 0.148 e. The van der Waals surface area contributed by atoms with Gasteiger partial charge >= 0.3 is 0 Å². The maximum absolute atomic E-state index is 5.55. The van der Waals surface area contributed by atoms with E-state index >= 15 is 0 Å². The van der Waals surface area contributed by atoms with Crippen molar-refractivity contribution in [2.45, 2.75) is 38.0 Å². The number of hydrogen-bond donors (Lipinski definition) is 1. The normalized spacial score (nSPS) is 22.1. The highest BCUT2D eigenvalue weighted by atomic mass is 16.5. The van der Waals surface area contributed by atoms with Gasteiger partial charge in [0.15, 0.2) is 0 Å². The number of hydrogen-bond acceptors (Lipinski definition) is 3. The van der Waals surface area contributed by atoms with Gasteiger partial charge in [-0.15, -0.1) is 6.42 Å². The second-order valence-corrected chi connectivity index (χ2v) is 4.79. The molecular formula is C16H21NO2. The average molecular weight is 259 g/mol. The Bertz CT molecular complexity index is 439. The lowest BCUT2D eigenvalue weighted by atomic mass is 10.1. The quantitative estimate of drug-likeness (QED) is 0.796. The number of methoxy groups -OCH3 is 1. The van der Waals surface area contributed by atoms with E-state index in [1.807, 2.05) is 18.2 Å². The Balaban J connectivity index is 1.93. The van der Waals surface area contributed by atoms with Gasteiger partial charge in [-0.3, -0.25) is 0 Å². The van der Waals surface area contributed by atoms with Gasteiger partial charge in [0, 0.05) is 25.3 Å². The van der Waals surface area contributed by atoms with E-state index in [2.05, 4.69) is 17.3 Å². The molecule has 0 saturated heterocycles. The third-order valence-corrected chi connectivity index (χ3v) is 3.59. The van der Waals surface area contributed by atoms with Gasteiger partial charge in [0.25, 0.3) is 0 Å². The molecule has 0 amide bonds. The molecule has 0 aliphatic heterocycles. The Morgan fingerprint density at radius 3 is 3.00 bits per heavy atom. The minimum absolute atomic E-state index is 0.307. The summed E-state index contributed by atoms with van der Waals surface area (Å²) in [6, 6.07) is 8.43. The van der Waals surface area contributed by atoms with Gasteiger partial charge in [-0.2, -0.15) is 0 Å². The van der Waals surface area contributed by atoms with Crippen LogP contribution in [0.2, 0.25) is 0 Å². The Morgan fingerprint density at radius 1 is 1.37 bits per heavy atom. The van der Waals surface area contributed by atoms with E-state index in [4.69, 9.17) is 15.9 Å². The molecule has 1 aromatic rings. The molecule has 3 heteroatoms. The summed E-state index contributed by atoms with van der Waals surface area (Å²) in [7, 11) is 1.79. The van der Waals surface area contributed by atoms with Crippen molar-refractivity contribution >= 4 is 0 Å². The van der Waals surface area contributed by atoms with Gasteiger partial charge in [0.1, 0.15) is 12.4 Å². The molecule has 0 bridgehead atoms. The van der Waals surface area contributed by atoms with Crippen molar-refractivity contribution in [3.05, 3.63) is 29.8 Å². The van der Waals surface area contributed by atoms with Crippen LogP contribution >= 0.6 is 0 Å². The number of nitrogens with one attached hydrogen (secondary N) is 1. The number of benzene rings is 1. The highest BCUT2D eigenvalue weighted by Gasteiger charge is 2.26. The van der Waals surface area contributed by atoms with Crippen molar-refractivity contribution in [2.24, 2.45) is 0 Å². The molecule has 1 aromatic carbocycles. The lowest BCUT2D eigenvalue weighted by Gasteiger charge is -2.20. The van der Waals surface area contributed by atoms with E-state index in [0.29, 0.717) is 18.8 Å². The van der Waals surface area contributed by atoms with Crippen LogP contribution in [0.4, 0.5) is 0 Å². The predicted molar refractivity (Wildman–Crippen MR) is 76.0 cm³/mol. The molecule has 0 spiro atoms. The molecule has 1 aliphatic carbocycles. The summed E-state index contributed by atoms with van der Waals surface area (Å²) >= 11 is 0. The van der Waals surface area contributed by atoms with Gasteiger partial charge in [-0.25, -0.2) is 0 Å². The Kier molecular flexibility index (Phi) is 5.26. The van der Waals surface area contributed by atoms with Crippen LogP contribution in [0.3, 0.4) is 0 Å². The topological polar surface area (TPSA) is 30.5 Å². The zero-order valence-corrected chi connectivity index (χ0v) is 11.4. The molecule has 0 radical (unpaired) electrons. The van der Waals surface area contributed by atoms with Gasteiger partial charge in [0.05, 0.1) is 6.10 Å². The van der Waals surface area contributed by atoms with E-state index in [1.165, 1.54) is 12.8 Å². The Hall–Kier alpha value is -1.50. The minimum atomic E-state index is 0.307. The molecule has 102 valence electrons. The number of terminal acetylenes is 1. The molecular weight excluding hydrogens is 238 g/mol. The SMILES string of the molecule is C#CCOc1ccccc1CNC1CCCC1OC. The number of rotatable bonds is 6. The first-order valence-electron chi connectivity index (χ1n) is 6.75. The van der Waals surface area contributed by atoms with E-state index in [0.717, 1.165) is 24.3 Å². The van der Waals surface area contributed by atoms with Gasteiger partial charge < -0.3 is 14.8 Å². The minimum Gasteiger partial charge on any atom is -0.481 e. The highest BCUT2D eigenvalue weighted by Crippen LogP contribution is 2.23. The third-order valence-electron chi connectivity index (χ3n) is 3.59. The second kappa shape index (κ2) is 7.18. The maximum Gasteiger partial charge on any atom is 0.148 e. The first kappa shape index (κ1) is 13.9. The van der Waals surface area contributed by atoms with Crippen LogP contribution in [0.15, 0.2) is 24.3 Å². The summed E-state index contributed by atoms with van der Waals surface area (Å²) in [4.78, 5) is 0. The Morgan fingerprint density at radius 2 is 2.21 bits per heavy atom. The van der Waals surface area contributed by atoms with Gasteiger partial charge in [0.2, 0.25) is 0 Å². The summed E-state index contributed by atoms with van der Waals surface area (Å²) in [5.41, 5.74) is 1.14. The standard InChI is InChI=1S/C16H21NO2/c1-3-11-19-15-9-5-4-7-13(15)12-17-14-8-6-10-16(14)18-2/h1,4-5,7,9,14,16-17H,6,8,10-12H2,2H3. The van der Waals surface area contributed by atoms with Crippen molar-refractivity contribution in [3.8, 4) is 18.1 Å². The van der Waals surface area contributed by atoms with Crippen molar-refractivity contribution in [2.75, 3.05) is 13.7 Å². The first-order chi connectivity index (χ1) is 9.35. The molecule has 1 fully saturated rings. The lowest BCUT2D eigenvalue weighted by molar-refractivity contribution is 0.0846. The van der Waals surface area contributed by atoms with Crippen LogP contribution in [-0.4, -0.2) is 25.9 Å². The van der Waals surface area contributed by atoms with E-state index < -0.39 is 0 Å². The molecule has 1 aliphatic rings. The van der Waals surface area contributed by atoms with Crippen LogP contribution < -0.4 is 10.1 Å². The fourth-order valence-electron chi connectivity index (χ4n) is 2.59. The second-order valence-electron chi connectivity index (χ2n) is 4.79. The summed E-state index contributed by atoms with van der Waals surface area (Å²) in [6.45, 7) is 1.09. The third kappa shape index (κ3) is 3.73. The fourth-order valence-corrected chi connectivity index (χ4v) is 2.59. The van der Waals surface area contributed by atoms with Gasteiger partial charge in [-0.05, 0) is 25.3 Å². The fraction of sp³-hybridized carbons (Fsp3) is 0.500. The van der Waals surface area contributed by atoms with Crippen LogP contribution in [0.25, 0.3) is 0 Å². The maximum atomic E-state index is 5.55. The molecule has 1 saturated carbocycles. The van der Waals surface area contributed by atoms with Crippen molar-refractivity contribution in [1.82, 2.24) is 5.32 Å². The summed E-state index contributed by atoms with van der Waals surface area (Å²) in [6.07, 6.45) is 9.10. The molecule has 2 rings (SSSR count). The average Bonchev–Trinajstić information content (AvgIpc) is 2.91. The zero-order valence-electron chi connectivity index (χ0n) is 11.4. The summed E-state index contributed by atoms with van der Waals surface area (Å²) in [5, 5.41) is 3.56. The van der Waals surface area contributed by atoms with Crippen LogP contribution in [0, 0.1) is 12.3 Å². The molecule has 2 unspecified atom stereocenters. The van der Waals surface area contributed by atoms with Gasteiger partial charge in [-0.1, -0.05) is 24.1 Å². The highest BCUT2D eigenvalue weighted by molar-refractivity contribution is 5.33. The van der Waals surface area contributed by atoms with Crippen LogP contribution in [-0.2, 0) is 11.3 Å². The lowest BCUT2D eigenvalue weighted by Crippen LogP contribution is -2.36. The van der Waals surface area contributed by atoms with E-state index in [9.17, 15) is 0 Å². The molecule has 1 N–H and O–H groups in total. The van der Waals surface area contributed by atoms with Crippen molar-refractivity contribution in [1.29, 1.82) is 0 Å². The van der Waals surface area contributed by atoms with Crippen molar-refractivity contribution < 1.29 is 9.47 Å². The molecule has 2 atom stereocenters. The van der Waals surface area contributed by atoms with Crippen molar-refractivity contribution in [3.63, 3.8) is 0 Å². The summed E-state index contributed by atoms with van der Waals surface area (Å²) < 4.78 is 11.0. The largest absolute Gasteiger partial charge is 0.481 e. The predicted octanol–water partition coefficient (Wildman–Crippen LogP) is 2.36. The van der Waals surface area contributed by atoms with E-state index in [1.54, 1.807) is 7.11 Å².